The summed E-state index contributed by atoms with van der Waals surface area (Å²) in [6, 6.07) is 6.76. The third-order valence-electron chi connectivity index (χ3n) is 4.15. The van der Waals surface area contributed by atoms with E-state index >= 15 is 0 Å². The first kappa shape index (κ1) is 15.3. The molecule has 1 aromatic rings. The molecule has 1 aromatic carbocycles. The van der Waals surface area contributed by atoms with E-state index in [0.29, 0.717) is 12.8 Å². The summed E-state index contributed by atoms with van der Waals surface area (Å²) in [5.41, 5.74) is -0.167. The molecule has 1 atom stereocenters. The van der Waals surface area contributed by atoms with Crippen molar-refractivity contribution in [3.63, 3.8) is 0 Å². The number of aliphatic hydroxyl groups is 1. The van der Waals surface area contributed by atoms with Crippen LogP contribution in [0.25, 0.3) is 0 Å². The second kappa shape index (κ2) is 5.70. The van der Waals surface area contributed by atoms with Gasteiger partial charge in [-0.05, 0) is 31.9 Å². The first-order valence-corrected chi connectivity index (χ1v) is 8.60. The minimum atomic E-state index is -3.59. The van der Waals surface area contributed by atoms with Crippen LogP contribution in [0.3, 0.4) is 0 Å². The third-order valence-corrected chi connectivity index (χ3v) is 6.38. The van der Waals surface area contributed by atoms with Crippen LogP contribution in [-0.4, -0.2) is 24.4 Å². The van der Waals surface area contributed by atoms with E-state index in [4.69, 9.17) is 0 Å². The molecule has 1 N–H and O–H groups in total. The number of sulfone groups is 1. The Kier molecular flexibility index (Phi) is 4.35. The van der Waals surface area contributed by atoms with Crippen LogP contribution >= 0.6 is 0 Å². The first-order valence-electron chi connectivity index (χ1n) is 7.06. The van der Waals surface area contributed by atoms with Crippen molar-refractivity contribution >= 4 is 9.84 Å². The summed E-state index contributed by atoms with van der Waals surface area (Å²) < 4.78 is 25.5. The van der Waals surface area contributed by atoms with Gasteiger partial charge in [-0.3, -0.25) is 0 Å². The zero-order valence-corrected chi connectivity index (χ0v) is 12.7. The maximum absolute atomic E-state index is 12.7. The second-order valence-electron chi connectivity index (χ2n) is 5.68. The van der Waals surface area contributed by atoms with E-state index in [1.54, 1.807) is 24.3 Å². The van der Waals surface area contributed by atoms with E-state index < -0.39 is 20.7 Å². The molecule has 0 spiro atoms. The van der Waals surface area contributed by atoms with Gasteiger partial charge in [0.25, 0.3) is 0 Å². The molecule has 0 bridgehead atoms. The molecule has 3 nitrogen and oxygen atoms in total. The SMILES string of the molecule is C=CC(C1(O)CCCCC1)S(=O)(=O)c1ccc(C)cc1. The van der Waals surface area contributed by atoms with Gasteiger partial charge in [0.2, 0.25) is 0 Å². The van der Waals surface area contributed by atoms with E-state index in [9.17, 15) is 13.5 Å². The zero-order chi connectivity index (χ0) is 14.8. The van der Waals surface area contributed by atoms with Gasteiger partial charge in [0.15, 0.2) is 9.84 Å². The number of hydrogen-bond donors (Lipinski definition) is 1. The van der Waals surface area contributed by atoms with E-state index in [0.717, 1.165) is 24.8 Å². The Balaban J connectivity index is 2.39. The quantitative estimate of drug-likeness (QED) is 0.868. The fourth-order valence-corrected chi connectivity index (χ4v) is 4.83. The highest BCUT2D eigenvalue weighted by Crippen LogP contribution is 2.36. The van der Waals surface area contributed by atoms with Gasteiger partial charge in [0.05, 0.1) is 10.5 Å². The van der Waals surface area contributed by atoms with E-state index in [1.165, 1.54) is 6.08 Å². The zero-order valence-electron chi connectivity index (χ0n) is 11.9. The van der Waals surface area contributed by atoms with Gasteiger partial charge in [-0.25, -0.2) is 8.42 Å². The van der Waals surface area contributed by atoms with Crippen LogP contribution < -0.4 is 0 Å². The number of rotatable bonds is 4. The number of hydrogen-bond acceptors (Lipinski definition) is 3. The molecule has 0 aromatic heterocycles. The average molecular weight is 294 g/mol. The molecule has 0 radical (unpaired) electrons. The standard InChI is InChI=1S/C16H22O3S/c1-3-15(16(17)11-5-4-6-12-16)20(18,19)14-9-7-13(2)8-10-14/h3,7-10,15,17H,1,4-6,11-12H2,2H3. The monoisotopic (exact) mass is 294 g/mol. The van der Waals surface area contributed by atoms with Crippen LogP contribution in [0, 0.1) is 6.92 Å². The summed E-state index contributed by atoms with van der Waals surface area (Å²) >= 11 is 0. The molecule has 1 fully saturated rings. The molecule has 0 aliphatic heterocycles. The minimum absolute atomic E-state index is 0.256. The smallest absolute Gasteiger partial charge is 0.187 e. The summed E-state index contributed by atoms with van der Waals surface area (Å²) in [5.74, 6) is 0. The van der Waals surface area contributed by atoms with Gasteiger partial charge in [-0.1, -0.05) is 43.0 Å². The van der Waals surface area contributed by atoms with E-state index in [-0.39, 0.29) is 4.90 Å². The molecule has 4 heteroatoms. The maximum Gasteiger partial charge on any atom is 0.187 e. The Bertz CT molecular complexity index is 566. The summed E-state index contributed by atoms with van der Waals surface area (Å²) in [5, 5.41) is 9.80. The second-order valence-corrected chi connectivity index (χ2v) is 7.75. The largest absolute Gasteiger partial charge is 0.388 e. The number of benzene rings is 1. The third kappa shape index (κ3) is 2.81. The molecule has 20 heavy (non-hydrogen) atoms. The highest BCUT2D eigenvalue weighted by Gasteiger charge is 2.44. The van der Waals surface area contributed by atoms with Crippen LogP contribution in [0.5, 0.6) is 0 Å². The molecule has 1 aliphatic carbocycles. The summed E-state index contributed by atoms with van der Waals surface area (Å²) in [7, 11) is -3.59. The topological polar surface area (TPSA) is 54.4 Å². The van der Waals surface area contributed by atoms with E-state index in [1.807, 2.05) is 6.92 Å². The molecule has 1 aliphatic rings. The van der Waals surface area contributed by atoms with Gasteiger partial charge in [-0.15, -0.1) is 6.58 Å². The normalized spacial score (nSPS) is 20.3. The Morgan fingerprint density at radius 2 is 1.75 bits per heavy atom. The van der Waals surface area contributed by atoms with Crippen LogP contribution in [-0.2, 0) is 9.84 Å². The van der Waals surface area contributed by atoms with Crippen LogP contribution in [0.15, 0.2) is 41.8 Å². The lowest BCUT2D eigenvalue weighted by Gasteiger charge is -2.37. The van der Waals surface area contributed by atoms with Crippen molar-refractivity contribution in [2.75, 3.05) is 0 Å². The lowest BCUT2D eigenvalue weighted by atomic mass is 9.82. The molecule has 0 saturated heterocycles. The predicted octanol–water partition coefficient (Wildman–Crippen LogP) is 3.02. The highest BCUT2D eigenvalue weighted by atomic mass is 32.2. The van der Waals surface area contributed by atoms with Crippen LogP contribution in [0.4, 0.5) is 0 Å². The van der Waals surface area contributed by atoms with Crippen LogP contribution in [0.2, 0.25) is 0 Å². The fourth-order valence-electron chi connectivity index (χ4n) is 2.96. The summed E-state index contributed by atoms with van der Waals surface area (Å²) in [4.78, 5) is 0.256. The molecule has 1 unspecified atom stereocenters. The predicted molar refractivity (Wildman–Crippen MR) is 80.4 cm³/mol. The Morgan fingerprint density at radius 1 is 1.20 bits per heavy atom. The molecule has 1 saturated carbocycles. The van der Waals surface area contributed by atoms with Gasteiger partial charge in [0.1, 0.15) is 5.25 Å². The van der Waals surface area contributed by atoms with Crippen molar-refractivity contribution < 1.29 is 13.5 Å². The molecular formula is C16H22O3S. The van der Waals surface area contributed by atoms with Crippen molar-refractivity contribution in [2.24, 2.45) is 0 Å². The molecule has 0 amide bonds. The Morgan fingerprint density at radius 3 is 2.25 bits per heavy atom. The maximum atomic E-state index is 12.7. The van der Waals surface area contributed by atoms with Gasteiger partial charge in [0, 0.05) is 0 Å². The van der Waals surface area contributed by atoms with Gasteiger partial charge in [-0.2, -0.15) is 0 Å². The molecule has 110 valence electrons. The molecular weight excluding hydrogens is 272 g/mol. The van der Waals surface area contributed by atoms with Gasteiger partial charge < -0.3 is 5.11 Å². The lowest BCUT2D eigenvalue weighted by molar-refractivity contribution is 0.00995. The summed E-state index contributed by atoms with van der Waals surface area (Å²) in [6.45, 7) is 5.56. The highest BCUT2D eigenvalue weighted by molar-refractivity contribution is 7.92. The van der Waals surface area contributed by atoms with Crippen molar-refractivity contribution in [3.05, 3.63) is 42.5 Å². The lowest BCUT2D eigenvalue weighted by Crippen LogP contribution is -2.47. The van der Waals surface area contributed by atoms with Crippen molar-refractivity contribution in [2.45, 2.75) is 54.8 Å². The molecule has 2 rings (SSSR count). The number of aryl methyl sites for hydroxylation is 1. The Hall–Kier alpha value is -1.13. The fraction of sp³-hybridized carbons (Fsp3) is 0.500. The first-order chi connectivity index (χ1) is 9.40. The molecule has 0 heterocycles. The van der Waals surface area contributed by atoms with Crippen molar-refractivity contribution in [3.8, 4) is 0 Å². The van der Waals surface area contributed by atoms with Crippen molar-refractivity contribution in [1.82, 2.24) is 0 Å². The Labute approximate surface area is 121 Å². The minimum Gasteiger partial charge on any atom is -0.388 e. The average Bonchev–Trinajstić information content (AvgIpc) is 2.40. The summed E-state index contributed by atoms with van der Waals surface area (Å²) in [6.07, 6.45) is 5.22. The van der Waals surface area contributed by atoms with Gasteiger partial charge >= 0.3 is 0 Å². The van der Waals surface area contributed by atoms with Crippen LogP contribution in [0.1, 0.15) is 37.7 Å². The van der Waals surface area contributed by atoms with E-state index in [2.05, 4.69) is 6.58 Å². The van der Waals surface area contributed by atoms with Crippen molar-refractivity contribution in [1.29, 1.82) is 0 Å².